The van der Waals surface area contributed by atoms with Crippen LogP contribution in [0.5, 0.6) is 0 Å². The van der Waals surface area contributed by atoms with Crippen molar-refractivity contribution in [2.24, 2.45) is 0 Å². The molecule has 3 aromatic rings. The number of carbonyl (C=O) groups is 2. The Labute approximate surface area is 201 Å². The van der Waals surface area contributed by atoms with Crippen LogP contribution in [0, 0.1) is 12.7 Å². The highest BCUT2D eigenvalue weighted by Gasteiger charge is 2.50. The molecule has 0 atom stereocenters. The third-order valence-electron chi connectivity index (χ3n) is 6.85. The first kappa shape index (κ1) is 22.4. The maximum absolute atomic E-state index is 13.5. The van der Waals surface area contributed by atoms with E-state index in [0.717, 1.165) is 29.7 Å². The van der Waals surface area contributed by atoms with E-state index >= 15 is 0 Å². The first-order valence-electron chi connectivity index (χ1n) is 11.2. The number of hydrogen-bond donors (Lipinski definition) is 2. The number of benzene rings is 2. The van der Waals surface area contributed by atoms with Gasteiger partial charge in [-0.25, -0.2) is 9.18 Å². The summed E-state index contributed by atoms with van der Waals surface area (Å²) in [6.07, 6.45) is 2.36. The summed E-state index contributed by atoms with van der Waals surface area (Å²) in [6.45, 7) is 2.76. The minimum Gasteiger partial charge on any atom is -0.331 e. The molecule has 2 aromatic carbocycles. The molecule has 5 rings (SSSR count). The van der Waals surface area contributed by atoms with Crippen molar-refractivity contribution in [1.29, 1.82) is 0 Å². The van der Waals surface area contributed by atoms with Gasteiger partial charge >= 0.3 is 6.03 Å². The molecule has 0 bridgehead atoms. The van der Waals surface area contributed by atoms with Crippen LogP contribution in [0.1, 0.15) is 45.7 Å². The maximum atomic E-state index is 13.5. The number of rotatable bonds is 4. The lowest BCUT2D eigenvalue weighted by molar-refractivity contribution is 0.0696. The van der Waals surface area contributed by atoms with Crippen LogP contribution >= 0.6 is 11.6 Å². The van der Waals surface area contributed by atoms with Crippen molar-refractivity contribution in [2.45, 2.75) is 38.3 Å². The summed E-state index contributed by atoms with van der Waals surface area (Å²) in [6, 6.07) is 12.0. The Bertz CT molecular complexity index is 1270. The van der Waals surface area contributed by atoms with Gasteiger partial charge < -0.3 is 15.1 Å². The lowest BCUT2D eigenvalue weighted by Gasteiger charge is -2.30. The number of fused-ring (bicyclic) bond motifs is 1. The summed E-state index contributed by atoms with van der Waals surface area (Å²) in [5, 5.41) is 10.0. The molecule has 2 N–H and O–H groups in total. The third kappa shape index (κ3) is 3.92. The predicted octanol–water partition coefficient (Wildman–Crippen LogP) is 4.86. The summed E-state index contributed by atoms with van der Waals surface area (Å²) in [5.41, 5.74) is 4.33. The normalized spacial score (nSPS) is 16.1. The third-order valence-corrected chi connectivity index (χ3v) is 7.14. The molecule has 1 aliphatic heterocycles. The van der Waals surface area contributed by atoms with Gasteiger partial charge in [0.1, 0.15) is 5.82 Å². The molecule has 1 aromatic heterocycles. The van der Waals surface area contributed by atoms with E-state index in [0.29, 0.717) is 24.3 Å². The fourth-order valence-electron chi connectivity index (χ4n) is 4.57. The number of H-pyrrole nitrogens is 1. The Hall–Kier alpha value is -3.39. The second kappa shape index (κ2) is 8.43. The summed E-state index contributed by atoms with van der Waals surface area (Å²) >= 11 is 5.82. The quantitative estimate of drug-likeness (QED) is 0.558. The van der Waals surface area contributed by atoms with Gasteiger partial charge in [-0.15, -0.1) is 0 Å². The van der Waals surface area contributed by atoms with E-state index in [2.05, 4.69) is 39.8 Å². The number of urea groups is 1. The molecule has 2 heterocycles. The summed E-state index contributed by atoms with van der Waals surface area (Å²) in [7, 11) is 1.82. The van der Waals surface area contributed by atoms with Gasteiger partial charge in [0.25, 0.3) is 5.91 Å². The van der Waals surface area contributed by atoms with Gasteiger partial charge in [0, 0.05) is 37.0 Å². The molecule has 1 fully saturated rings. The topological polar surface area (TPSA) is 81.3 Å². The van der Waals surface area contributed by atoms with Crippen molar-refractivity contribution in [3.63, 3.8) is 0 Å². The standard InChI is InChI=1S/C25H25ClFN5O2/c1-15-3-5-16(6-4-15)25(10-11-25)31(2)23(33)22-18-14-32(12-9-21(18)29-30-22)24(34)28-17-7-8-20(27)19(26)13-17/h3-8,13H,9-12,14H2,1-2H3,(H,28,34)(H,29,30). The predicted molar refractivity (Wildman–Crippen MR) is 127 cm³/mol. The number of amides is 3. The molecule has 9 heteroatoms. The average Bonchev–Trinajstić information content (AvgIpc) is 3.53. The van der Waals surface area contributed by atoms with Crippen molar-refractivity contribution in [3.05, 3.63) is 81.4 Å². The van der Waals surface area contributed by atoms with Crippen LogP contribution in [0.15, 0.2) is 42.5 Å². The minimum absolute atomic E-state index is 0.0629. The zero-order valence-electron chi connectivity index (χ0n) is 19.0. The zero-order valence-corrected chi connectivity index (χ0v) is 19.7. The van der Waals surface area contributed by atoms with Gasteiger partial charge in [0.15, 0.2) is 5.69 Å². The molecule has 1 aliphatic carbocycles. The van der Waals surface area contributed by atoms with Gasteiger partial charge in [0.05, 0.1) is 17.1 Å². The molecule has 0 radical (unpaired) electrons. The summed E-state index contributed by atoms with van der Waals surface area (Å²) in [4.78, 5) is 29.8. The van der Waals surface area contributed by atoms with Crippen molar-refractivity contribution in [1.82, 2.24) is 20.0 Å². The average molecular weight is 482 g/mol. The Morgan fingerprint density at radius 2 is 1.94 bits per heavy atom. The van der Waals surface area contributed by atoms with E-state index in [1.54, 1.807) is 9.80 Å². The number of carbonyl (C=O) groups excluding carboxylic acids is 2. The van der Waals surface area contributed by atoms with Crippen LogP contribution in [0.25, 0.3) is 0 Å². The molecule has 0 saturated heterocycles. The van der Waals surface area contributed by atoms with Gasteiger partial charge in [-0.05, 0) is 43.5 Å². The van der Waals surface area contributed by atoms with E-state index in [4.69, 9.17) is 11.6 Å². The number of nitrogens with zero attached hydrogens (tertiary/aromatic N) is 3. The Morgan fingerprint density at radius 1 is 1.21 bits per heavy atom. The number of anilines is 1. The van der Waals surface area contributed by atoms with Crippen molar-refractivity contribution in [2.75, 3.05) is 18.9 Å². The molecule has 34 heavy (non-hydrogen) atoms. The van der Waals surface area contributed by atoms with E-state index < -0.39 is 5.82 Å². The van der Waals surface area contributed by atoms with Crippen LogP contribution in [0.4, 0.5) is 14.9 Å². The molecule has 0 unspecified atom stereocenters. The van der Waals surface area contributed by atoms with Crippen LogP contribution in [0.2, 0.25) is 5.02 Å². The fourth-order valence-corrected chi connectivity index (χ4v) is 4.76. The highest BCUT2D eigenvalue weighted by Crippen LogP contribution is 2.51. The van der Waals surface area contributed by atoms with Crippen LogP contribution in [0.3, 0.4) is 0 Å². The first-order valence-corrected chi connectivity index (χ1v) is 11.6. The monoisotopic (exact) mass is 481 g/mol. The van der Waals surface area contributed by atoms with Crippen molar-refractivity contribution < 1.29 is 14.0 Å². The van der Waals surface area contributed by atoms with Gasteiger partial charge in [0.2, 0.25) is 0 Å². The van der Waals surface area contributed by atoms with E-state index in [1.807, 2.05) is 14.0 Å². The SMILES string of the molecule is Cc1ccc(C2(N(C)C(=O)c3n[nH]c4c3CN(C(=O)Nc3ccc(F)c(Cl)c3)CC4)CC2)cc1. The van der Waals surface area contributed by atoms with Crippen molar-refractivity contribution in [3.8, 4) is 0 Å². The van der Waals surface area contributed by atoms with E-state index in [9.17, 15) is 14.0 Å². The van der Waals surface area contributed by atoms with Crippen LogP contribution < -0.4 is 5.32 Å². The van der Waals surface area contributed by atoms with Gasteiger partial charge in [-0.1, -0.05) is 41.4 Å². The van der Waals surface area contributed by atoms with E-state index in [1.165, 1.54) is 23.8 Å². The molecule has 1 saturated carbocycles. The molecular formula is C25H25ClFN5O2. The van der Waals surface area contributed by atoms with Crippen molar-refractivity contribution >= 4 is 29.2 Å². The highest BCUT2D eigenvalue weighted by molar-refractivity contribution is 6.31. The number of nitrogens with one attached hydrogen (secondary N) is 2. The first-order chi connectivity index (χ1) is 16.3. The smallest absolute Gasteiger partial charge is 0.322 e. The Balaban J connectivity index is 1.33. The molecular weight excluding hydrogens is 457 g/mol. The lowest BCUT2D eigenvalue weighted by Crippen LogP contribution is -2.41. The molecule has 0 spiro atoms. The fraction of sp³-hybridized carbons (Fsp3) is 0.320. The molecule has 7 nitrogen and oxygen atoms in total. The second-order valence-electron chi connectivity index (χ2n) is 9.02. The van der Waals surface area contributed by atoms with E-state index in [-0.39, 0.29) is 29.0 Å². The molecule has 176 valence electrons. The number of halogens is 2. The summed E-state index contributed by atoms with van der Waals surface area (Å²) < 4.78 is 13.4. The minimum atomic E-state index is -0.549. The van der Waals surface area contributed by atoms with Crippen LogP contribution in [-0.4, -0.2) is 45.5 Å². The van der Waals surface area contributed by atoms with Gasteiger partial charge in [-0.3, -0.25) is 9.89 Å². The molecule has 2 aliphatic rings. The highest BCUT2D eigenvalue weighted by atomic mass is 35.5. The number of aromatic nitrogens is 2. The number of aromatic amines is 1. The number of hydrogen-bond acceptors (Lipinski definition) is 3. The number of aryl methyl sites for hydroxylation is 1. The lowest BCUT2D eigenvalue weighted by atomic mass is 10.00. The largest absolute Gasteiger partial charge is 0.331 e. The van der Waals surface area contributed by atoms with Gasteiger partial charge in [-0.2, -0.15) is 5.10 Å². The maximum Gasteiger partial charge on any atom is 0.322 e. The zero-order chi connectivity index (χ0) is 24.0. The molecule has 3 amide bonds. The Kier molecular flexibility index (Phi) is 5.56. The summed E-state index contributed by atoms with van der Waals surface area (Å²) in [5.74, 6) is -0.713. The van der Waals surface area contributed by atoms with Crippen LogP contribution in [-0.2, 0) is 18.5 Å². The Morgan fingerprint density at radius 3 is 2.62 bits per heavy atom. The second-order valence-corrected chi connectivity index (χ2v) is 9.43.